The van der Waals surface area contributed by atoms with Gasteiger partial charge in [0.25, 0.3) is 0 Å². The van der Waals surface area contributed by atoms with E-state index in [0.717, 1.165) is 11.6 Å². The molecule has 0 amide bonds. The first-order valence-corrected chi connectivity index (χ1v) is 5.48. The van der Waals surface area contributed by atoms with Gasteiger partial charge in [-0.05, 0) is 0 Å². The molecule has 0 aromatic carbocycles. The molecule has 0 saturated heterocycles. The first-order chi connectivity index (χ1) is 3.68. The summed E-state index contributed by atoms with van der Waals surface area (Å²) >= 11 is 2.92. The van der Waals surface area contributed by atoms with Crippen LogP contribution in [0.25, 0.3) is 0 Å². The zero-order valence-corrected chi connectivity index (χ0v) is 9.35. The molecule has 3 atom stereocenters. The Morgan fingerprint density at radius 3 is 2.38 bits per heavy atom. The Morgan fingerprint density at radius 1 is 1.75 bits per heavy atom. The molecule has 3 unspecified atom stereocenters. The Bertz CT molecular complexity index is 84.1. The SMILES string of the molecule is O=C(O)C([AsH2])CC[AsH2]. The Hall–Kier alpha value is 0.587. The monoisotopic (exact) mass is 240 g/mol. The van der Waals surface area contributed by atoms with Crippen LogP contribution in [0.3, 0.4) is 0 Å². The third kappa shape index (κ3) is 3.57. The van der Waals surface area contributed by atoms with E-state index in [4.69, 9.17) is 5.11 Å². The van der Waals surface area contributed by atoms with E-state index < -0.39 is 5.97 Å². The minimum absolute atomic E-state index is 0.0885. The average Bonchev–Trinajstić information content (AvgIpc) is 1.67. The average molecular weight is 240 g/mol. The van der Waals surface area contributed by atoms with Gasteiger partial charge in [-0.3, -0.25) is 0 Å². The summed E-state index contributed by atoms with van der Waals surface area (Å²) in [5, 5.41) is 9.37. The van der Waals surface area contributed by atoms with Crippen LogP contribution in [0.2, 0.25) is 9.91 Å². The van der Waals surface area contributed by atoms with E-state index >= 15 is 0 Å². The van der Waals surface area contributed by atoms with Crippen molar-refractivity contribution in [3.63, 3.8) is 0 Å². The fraction of sp³-hybridized carbons (Fsp3) is 0.750. The van der Waals surface area contributed by atoms with Crippen LogP contribution >= 0.6 is 0 Å². The van der Waals surface area contributed by atoms with Crippen LogP contribution < -0.4 is 0 Å². The number of rotatable bonds is 3. The van der Waals surface area contributed by atoms with Crippen molar-refractivity contribution in [2.75, 3.05) is 0 Å². The third-order valence-corrected chi connectivity index (χ3v) is 2.79. The molecule has 2 nitrogen and oxygen atoms in total. The van der Waals surface area contributed by atoms with Crippen LogP contribution in [-0.4, -0.2) is 44.8 Å². The molecule has 0 rings (SSSR count). The Kier molecular flexibility index (Phi) is 4.79. The van der Waals surface area contributed by atoms with E-state index in [-0.39, 0.29) is 4.71 Å². The summed E-state index contributed by atoms with van der Waals surface area (Å²) in [6.45, 7) is 0. The fourth-order valence-electron chi connectivity index (χ4n) is 0.303. The van der Waals surface area contributed by atoms with Gasteiger partial charge in [0.15, 0.2) is 0 Å². The van der Waals surface area contributed by atoms with Gasteiger partial charge in [0.2, 0.25) is 0 Å². The van der Waals surface area contributed by atoms with Crippen LogP contribution in [0.4, 0.5) is 0 Å². The van der Waals surface area contributed by atoms with Crippen LogP contribution in [0.5, 0.6) is 0 Å². The van der Waals surface area contributed by atoms with Gasteiger partial charge >= 0.3 is 65.9 Å². The molecule has 0 radical (unpaired) electrons. The molecule has 0 spiro atoms. The van der Waals surface area contributed by atoms with Crippen LogP contribution in [0.15, 0.2) is 0 Å². The summed E-state index contributed by atoms with van der Waals surface area (Å²) in [6, 6.07) is 0. The second-order valence-corrected chi connectivity index (χ2v) is 4.42. The number of hydrogen-bond acceptors (Lipinski definition) is 1. The topological polar surface area (TPSA) is 37.3 Å². The van der Waals surface area contributed by atoms with Crippen molar-refractivity contribution < 1.29 is 9.90 Å². The van der Waals surface area contributed by atoms with Crippen molar-refractivity contribution in [3.8, 4) is 0 Å². The number of carbonyl (C=O) groups is 1. The van der Waals surface area contributed by atoms with Gasteiger partial charge in [-0.1, -0.05) is 0 Å². The standard InChI is InChI=1S/C4H10As2O2/c5-2-1-3(6)4(7)8/h3H,1-2,5-6H2,(H,7,8). The van der Waals surface area contributed by atoms with Gasteiger partial charge in [0, 0.05) is 0 Å². The normalized spacial score (nSPS) is 13.2. The Labute approximate surface area is 66.0 Å². The van der Waals surface area contributed by atoms with Crippen LogP contribution in [0.1, 0.15) is 6.42 Å². The van der Waals surface area contributed by atoms with Crippen molar-refractivity contribution in [1.29, 1.82) is 0 Å². The predicted octanol–water partition coefficient (Wildman–Crippen LogP) is -1.07. The molecule has 0 heterocycles. The van der Waals surface area contributed by atoms with E-state index in [1.54, 1.807) is 16.9 Å². The molecular weight excluding hydrogens is 230 g/mol. The van der Waals surface area contributed by atoms with Crippen molar-refractivity contribution >= 4 is 39.7 Å². The number of hydrogen-bond donors (Lipinski definition) is 1. The predicted molar refractivity (Wildman–Crippen MR) is 37.9 cm³/mol. The zero-order valence-electron chi connectivity index (χ0n) is 4.50. The molecular formula is C4H10As2O2. The molecule has 0 aromatic heterocycles. The summed E-state index contributed by atoms with van der Waals surface area (Å²) in [6.07, 6.45) is 0.843. The molecule has 0 bridgehead atoms. The van der Waals surface area contributed by atoms with Gasteiger partial charge < -0.3 is 0 Å². The molecule has 48 valence electrons. The minimum atomic E-state index is -0.650. The second-order valence-electron chi connectivity index (χ2n) is 1.52. The second kappa shape index (κ2) is 4.46. The summed E-state index contributed by atoms with van der Waals surface area (Å²) in [7, 11) is 0. The zero-order chi connectivity index (χ0) is 6.57. The Morgan fingerprint density at radius 2 is 2.25 bits per heavy atom. The number of carboxylic acids is 1. The van der Waals surface area contributed by atoms with E-state index in [9.17, 15) is 4.79 Å². The van der Waals surface area contributed by atoms with E-state index in [0.29, 0.717) is 0 Å². The number of carboxylic acid groups (broad SMARTS) is 1. The van der Waals surface area contributed by atoms with Crippen LogP contribution in [-0.2, 0) is 4.79 Å². The maximum atomic E-state index is 10.1. The summed E-state index contributed by atoms with van der Waals surface area (Å²) in [4.78, 5) is 10.1. The molecule has 0 fully saturated rings. The maximum absolute atomic E-state index is 10.1. The van der Waals surface area contributed by atoms with Gasteiger partial charge in [0.1, 0.15) is 0 Å². The molecule has 0 aliphatic carbocycles. The summed E-state index contributed by atoms with van der Waals surface area (Å²) in [5.74, 6) is -0.650. The van der Waals surface area contributed by atoms with E-state index in [1.807, 2.05) is 0 Å². The molecule has 0 aliphatic heterocycles. The van der Waals surface area contributed by atoms with Crippen molar-refractivity contribution in [1.82, 2.24) is 0 Å². The molecule has 0 aromatic rings. The first-order valence-electron chi connectivity index (χ1n) is 2.37. The van der Waals surface area contributed by atoms with Gasteiger partial charge in [-0.2, -0.15) is 0 Å². The molecule has 4 heteroatoms. The summed E-state index contributed by atoms with van der Waals surface area (Å²) in [5.41, 5.74) is 0. The fourth-order valence-corrected chi connectivity index (χ4v) is 3.15. The molecule has 0 saturated carbocycles. The van der Waals surface area contributed by atoms with Gasteiger partial charge in [0.05, 0.1) is 0 Å². The van der Waals surface area contributed by atoms with Crippen molar-refractivity contribution in [2.45, 2.75) is 16.3 Å². The summed E-state index contributed by atoms with van der Waals surface area (Å²) < 4.78 is -0.0885. The van der Waals surface area contributed by atoms with Gasteiger partial charge in [-0.15, -0.1) is 0 Å². The number of aliphatic carboxylic acids is 1. The van der Waals surface area contributed by atoms with E-state index in [2.05, 4.69) is 0 Å². The molecule has 0 aliphatic rings. The molecule has 1 N–H and O–H groups in total. The van der Waals surface area contributed by atoms with E-state index in [1.165, 1.54) is 16.9 Å². The van der Waals surface area contributed by atoms with Crippen molar-refractivity contribution in [3.05, 3.63) is 0 Å². The van der Waals surface area contributed by atoms with Gasteiger partial charge in [-0.25, -0.2) is 0 Å². The first kappa shape index (κ1) is 8.59. The van der Waals surface area contributed by atoms with Crippen molar-refractivity contribution in [2.24, 2.45) is 0 Å². The molecule has 8 heavy (non-hydrogen) atoms. The Balaban J connectivity index is 3.32. The van der Waals surface area contributed by atoms with Crippen LogP contribution in [0, 0.1) is 0 Å². The third-order valence-electron chi connectivity index (χ3n) is 0.795. The quantitative estimate of drug-likeness (QED) is 0.638.